The van der Waals surface area contributed by atoms with Crippen LogP contribution in [0.2, 0.25) is 0 Å². The lowest BCUT2D eigenvalue weighted by Crippen LogP contribution is -2.47. The molecule has 1 saturated heterocycles. The van der Waals surface area contributed by atoms with E-state index in [9.17, 15) is 4.79 Å². The van der Waals surface area contributed by atoms with Crippen molar-refractivity contribution in [3.63, 3.8) is 0 Å². The summed E-state index contributed by atoms with van der Waals surface area (Å²) < 4.78 is 10.3. The quantitative estimate of drug-likeness (QED) is 0.570. The summed E-state index contributed by atoms with van der Waals surface area (Å²) in [5.41, 5.74) is 13.7. The van der Waals surface area contributed by atoms with Crippen LogP contribution >= 0.6 is 0 Å². The van der Waals surface area contributed by atoms with Gasteiger partial charge in [0.15, 0.2) is 5.82 Å². The van der Waals surface area contributed by atoms with E-state index < -0.39 is 6.09 Å². The second-order valence-electron chi connectivity index (χ2n) is 7.33. The van der Waals surface area contributed by atoms with E-state index in [-0.39, 0.29) is 23.9 Å². The molecule has 0 aromatic carbocycles. The Morgan fingerprint density at radius 3 is 2.79 bits per heavy atom. The van der Waals surface area contributed by atoms with Gasteiger partial charge in [0.2, 0.25) is 0 Å². The molecule has 10 nitrogen and oxygen atoms in total. The highest BCUT2D eigenvalue weighted by Gasteiger charge is 2.23. The number of carbonyl (C=O) groups excluding carboxylic acids is 1. The number of nitrogens with zero attached hydrogens (tertiary/aromatic N) is 3. The highest BCUT2D eigenvalue weighted by molar-refractivity contribution is 5.73. The van der Waals surface area contributed by atoms with Gasteiger partial charge in [0.05, 0.1) is 6.61 Å². The second kappa shape index (κ2) is 9.01. The zero-order valence-electron chi connectivity index (χ0n) is 16.8. The van der Waals surface area contributed by atoms with Crippen LogP contribution in [-0.4, -0.2) is 46.6 Å². The molecule has 156 valence electrons. The molecule has 2 aromatic heterocycles. The molecule has 3 heterocycles. The third-order valence-corrected chi connectivity index (χ3v) is 4.64. The zero-order chi connectivity index (χ0) is 21.0. The first-order valence-corrected chi connectivity index (χ1v) is 9.53. The van der Waals surface area contributed by atoms with Gasteiger partial charge in [-0.15, -0.1) is 10.2 Å². The minimum Gasteiger partial charge on any atom is -0.387 e. The first-order valence-electron chi connectivity index (χ1n) is 9.53. The number of primary amides is 1. The second-order valence-corrected chi connectivity index (χ2v) is 7.33. The molecule has 3 rings (SSSR count). The third kappa shape index (κ3) is 5.30. The zero-order valence-corrected chi connectivity index (χ0v) is 16.8. The van der Waals surface area contributed by atoms with Crippen molar-refractivity contribution in [2.75, 3.05) is 23.8 Å². The number of aromatic nitrogens is 3. The molecule has 10 heteroatoms. The maximum absolute atomic E-state index is 11.2. The molecule has 0 saturated carbocycles. The van der Waals surface area contributed by atoms with Crippen LogP contribution in [0.15, 0.2) is 18.2 Å². The van der Waals surface area contributed by atoms with E-state index in [1.807, 2.05) is 19.1 Å². The van der Waals surface area contributed by atoms with Crippen LogP contribution in [0.1, 0.15) is 37.4 Å². The van der Waals surface area contributed by atoms with Gasteiger partial charge < -0.3 is 31.6 Å². The molecule has 0 aliphatic carbocycles. The van der Waals surface area contributed by atoms with Crippen molar-refractivity contribution in [1.29, 1.82) is 0 Å². The van der Waals surface area contributed by atoms with Crippen LogP contribution in [-0.2, 0) is 4.74 Å². The van der Waals surface area contributed by atoms with E-state index in [0.717, 1.165) is 17.7 Å². The maximum atomic E-state index is 11.2. The van der Waals surface area contributed by atoms with Crippen molar-refractivity contribution in [2.45, 2.75) is 45.2 Å². The Balaban J connectivity index is 1.88. The van der Waals surface area contributed by atoms with Gasteiger partial charge in [-0.2, -0.15) is 0 Å². The topological polar surface area (TPSA) is 150 Å². The number of hydrogen-bond donors (Lipinski definition) is 4. The number of nitrogens with two attached hydrogens (primary N) is 2. The van der Waals surface area contributed by atoms with Crippen molar-refractivity contribution < 1.29 is 14.3 Å². The SMILES string of the molecule is Cc1ccc(Nc2cc(N[C@@H]3CCOC[C@@H]3N)nnc2OC(N)=O)nc1C(C)C. The lowest BCUT2D eigenvalue weighted by Gasteiger charge is -2.29. The Bertz CT molecular complexity index is 875. The first kappa shape index (κ1) is 20.7. The number of ether oxygens (including phenoxy) is 2. The number of pyridine rings is 1. The molecule has 0 bridgehead atoms. The summed E-state index contributed by atoms with van der Waals surface area (Å²) in [4.78, 5) is 15.9. The Labute approximate surface area is 169 Å². The average molecular weight is 401 g/mol. The van der Waals surface area contributed by atoms with Gasteiger partial charge in [-0.05, 0) is 30.9 Å². The van der Waals surface area contributed by atoms with Gasteiger partial charge in [-0.3, -0.25) is 0 Å². The van der Waals surface area contributed by atoms with Crippen molar-refractivity contribution in [3.05, 3.63) is 29.5 Å². The fourth-order valence-corrected chi connectivity index (χ4v) is 3.18. The predicted octanol–water partition coefficient (Wildman–Crippen LogP) is 2.03. The number of nitrogens with one attached hydrogen (secondary N) is 2. The van der Waals surface area contributed by atoms with Crippen LogP contribution in [0.5, 0.6) is 5.88 Å². The fourth-order valence-electron chi connectivity index (χ4n) is 3.18. The molecule has 2 aromatic rings. The largest absolute Gasteiger partial charge is 0.411 e. The van der Waals surface area contributed by atoms with Crippen molar-refractivity contribution in [2.24, 2.45) is 11.5 Å². The Morgan fingerprint density at radius 1 is 1.31 bits per heavy atom. The standard InChI is InChI=1S/C19H27N7O3/c1-10(2)17-11(3)4-5-15(24-17)23-14-8-16(25-26-18(14)29-19(21)27)22-13-6-7-28-9-12(13)20/h4-5,8,10,12-13H,6-7,9,20H2,1-3H3,(H2,21,27)(H2,22,23,24,25)/t12-,13+/m0/s1. The van der Waals surface area contributed by atoms with Gasteiger partial charge in [0.1, 0.15) is 11.5 Å². The molecule has 1 fully saturated rings. The maximum Gasteiger partial charge on any atom is 0.411 e. The molecule has 0 radical (unpaired) electrons. The lowest BCUT2D eigenvalue weighted by molar-refractivity contribution is 0.0751. The van der Waals surface area contributed by atoms with Crippen LogP contribution in [0.3, 0.4) is 0 Å². The molecule has 0 spiro atoms. The third-order valence-electron chi connectivity index (χ3n) is 4.64. The van der Waals surface area contributed by atoms with Gasteiger partial charge in [0, 0.05) is 30.5 Å². The number of hydrogen-bond acceptors (Lipinski definition) is 9. The minimum atomic E-state index is -0.978. The number of rotatable bonds is 6. The van der Waals surface area contributed by atoms with Crippen molar-refractivity contribution in [1.82, 2.24) is 15.2 Å². The normalized spacial score (nSPS) is 19.1. The molecule has 2 atom stereocenters. The fraction of sp³-hybridized carbons (Fsp3) is 0.474. The molecule has 1 aliphatic rings. The molecular weight excluding hydrogens is 374 g/mol. The van der Waals surface area contributed by atoms with Crippen molar-refractivity contribution in [3.8, 4) is 5.88 Å². The van der Waals surface area contributed by atoms with Crippen LogP contribution in [0.25, 0.3) is 0 Å². The van der Waals surface area contributed by atoms with E-state index in [1.54, 1.807) is 6.07 Å². The summed E-state index contributed by atoms with van der Waals surface area (Å²) in [6.45, 7) is 7.27. The van der Waals surface area contributed by atoms with Gasteiger partial charge in [-0.25, -0.2) is 9.78 Å². The van der Waals surface area contributed by atoms with Gasteiger partial charge in [0.25, 0.3) is 5.88 Å². The van der Waals surface area contributed by atoms with Gasteiger partial charge >= 0.3 is 6.09 Å². The summed E-state index contributed by atoms with van der Waals surface area (Å²) in [6, 6.07) is 5.35. The van der Waals surface area contributed by atoms with Crippen LogP contribution < -0.4 is 26.8 Å². The highest BCUT2D eigenvalue weighted by Crippen LogP contribution is 2.28. The summed E-state index contributed by atoms with van der Waals surface area (Å²) in [7, 11) is 0. The van der Waals surface area contributed by atoms with Crippen LogP contribution in [0.4, 0.5) is 22.1 Å². The average Bonchev–Trinajstić information content (AvgIpc) is 2.66. The number of anilines is 3. The smallest absolute Gasteiger partial charge is 0.387 e. The number of aryl methyl sites for hydroxylation is 1. The summed E-state index contributed by atoms with van der Waals surface area (Å²) >= 11 is 0. The van der Waals surface area contributed by atoms with Crippen molar-refractivity contribution >= 4 is 23.4 Å². The minimum absolute atomic E-state index is 0.00106. The van der Waals surface area contributed by atoms with E-state index in [1.165, 1.54) is 0 Å². The molecule has 29 heavy (non-hydrogen) atoms. The first-order chi connectivity index (χ1) is 13.8. The predicted molar refractivity (Wildman–Crippen MR) is 109 cm³/mol. The number of amides is 1. The van der Waals surface area contributed by atoms with Crippen LogP contribution in [0, 0.1) is 6.92 Å². The van der Waals surface area contributed by atoms with E-state index in [2.05, 4.69) is 39.7 Å². The molecule has 0 unspecified atom stereocenters. The van der Waals surface area contributed by atoms with E-state index in [4.69, 9.17) is 20.9 Å². The molecular formula is C19H27N7O3. The van der Waals surface area contributed by atoms with E-state index in [0.29, 0.717) is 30.5 Å². The summed E-state index contributed by atoms with van der Waals surface area (Å²) in [6.07, 6.45) is -0.225. The summed E-state index contributed by atoms with van der Waals surface area (Å²) in [5, 5.41) is 14.5. The monoisotopic (exact) mass is 401 g/mol. The molecule has 1 aliphatic heterocycles. The molecule has 6 N–H and O–H groups in total. The Hall–Kier alpha value is -2.98. The lowest BCUT2D eigenvalue weighted by atomic mass is 10.0. The van der Waals surface area contributed by atoms with E-state index >= 15 is 0 Å². The summed E-state index contributed by atoms with van der Waals surface area (Å²) in [5.74, 6) is 1.31. The Morgan fingerprint density at radius 2 is 2.10 bits per heavy atom. The van der Waals surface area contributed by atoms with Gasteiger partial charge in [-0.1, -0.05) is 19.9 Å². The molecule has 1 amide bonds. The number of carbonyl (C=O) groups is 1. The highest BCUT2D eigenvalue weighted by atomic mass is 16.6. The Kier molecular flexibility index (Phi) is 6.45.